The molecule has 0 aromatic heterocycles. The van der Waals surface area contributed by atoms with Crippen LogP contribution in [0.2, 0.25) is 0 Å². The molecule has 1 aliphatic carbocycles. The average Bonchev–Trinajstić information content (AvgIpc) is 3.24. The predicted molar refractivity (Wildman–Crippen MR) is 76.7 cm³/mol. The van der Waals surface area contributed by atoms with Crippen LogP contribution in [0.4, 0.5) is 10.5 Å². The Morgan fingerprint density at radius 3 is 2.52 bits per heavy atom. The van der Waals surface area contributed by atoms with Crippen LogP contribution < -0.4 is 10.6 Å². The summed E-state index contributed by atoms with van der Waals surface area (Å²) in [7, 11) is 0. The summed E-state index contributed by atoms with van der Waals surface area (Å²) < 4.78 is 0. The van der Waals surface area contributed by atoms with Crippen LogP contribution in [0, 0.1) is 17.2 Å². The zero-order chi connectivity index (χ0) is 15.2. The van der Waals surface area contributed by atoms with Crippen molar-refractivity contribution in [2.45, 2.75) is 31.7 Å². The van der Waals surface area contributed by atoms with Crippen molar-refractivity contribution in [3.8, 4) is 6.07 Å². The van der Waals surface area contributed by atoms with E-state index in [0.717, 1.165) is 18.4 Å². The smallest absolute Gasteiger partial charge is 0.319 e. The van der Waals surface area contributed by atoms with Crippen molar-refractivity contribution in [3.63, 3.8) is 0 Å². The van der Waals surface area contributed by atoms with Gasteiger partial charge in [-0.3, -0.25) is 4.79 Å². The average molecular weight is 287 g/mol. The van der Waals surface area contributed by atoms with Gasteiger partial charge in [-0.2, -0.15) is 5.26 Å². The molecule has 1 fully saturated rings. The lowest BCUT2D eigenvalue weighted by molar-refractivity contribution is -0.137. The number of hydrogen-bond donors (Lipinski definition) is 3. The minimum atomic E-state index is -0.909. The molecule has 1 atom stereocenters. The fourth-order valence-electron chi connectivity index (χ4n) is 2.16. The summed E-state index contributed by atoms with van der Waals surface area (Å²) in [6, 6.07) is 8.31. The quantitative estimate of drug-likeness (QED) is 0.745. The number of rotatable bonds is 6. The van der Waals surface area contributed by atoms with Gasteiger partial charge in [-0.05, 0) is 36.5 Å². The highest BCUT2D eigenvalue weighted by Crippen LogP contribution is 2.34. The standard InChI is InChI=1S/C15H17N3O3/c16-8-7-10-1-5-12(6-2-10)17-15(21)18-13(9-14(19)20)11-3-4-11/h1-2,5-6,11,13H,3-4,7,9H2,(H,19,20)(H2,17,18,21). The van der Waals surface area contributed by atoms with Crippen LogP contribution in [0.1, 0.15) is 24.8 Å². The fraction of sp³-hybridized carbons (Fsp3) is 0.400. The van der Waals surface area contributed by atoms with Crippen molar-refractivity contribution in [3.05, 3.63) is 29.8 Å². The van der Waals surface area contributed by atoms with Gasteiger partial charge in [0.1, 0.15) is 0 Å². The van der Waals surface area contributed by atoms with E-state index in [1.54, 1.807) is 24.3 Å². The van der Waals surface area contributed by atoms with E-state index < -0.39 is 12.0 Å². The molecule has 1 saturated carbocycles. The van der Waals surface area contributed by atoms with E-state index in [-0.39, 0.29) is 18.4 Å². The summed E-state index contributed by atoms with van der Waals surface area (Å²) in [4.78, 5) is 22.7. The van der Waals surface area contributed by atoms with Gasteiger partial charge in [0.2, 0.25) is 0 Å². The molecule has 6 nitrogen and oxygen atoms in total. The van der Waals surface area contributed by atoms with Crippen molar-refractivity contribution in [1.82, 2.24) is 5.32 Å². The number of carbonyl (C=O) groups excluding carboxylic acids is 1. The van der Waals surface area contributed by atoms with Gasteiger partial charge >= 0.3 is 12.0 Å². The predicted octanol–water partition coefficient (Wildman–Crippen LogP) is 2.13. The highest BCUT2D eigenvalue weighted by atomic mass is 16.4. The summed E-state index contributed by atoms with van der Waals surface area (Å²) in [6.07, 6.45) is 2.19. The number of carboxylic acids is 1. The highest BCUT2D eigenvalue weighted by Gasteiger charge is 2.33. The maximum Gasteiger partial charge on any atom is 0.319 e. The van der Waals surface area contributed by atoms with Crippen LogP contribution in [-0.4, -0.2) is 23.1 Å². The Morgan fingerprint density at radius 2 is 2.00 bits per heavy atom. The second-order valence-corrected chi connectivity index (χ2v) is 5.17. The van der Waals surface area contributed by atoms with E-state index in [1.165, 1.54) is 0 Å². The van der Waals surface area contributed by atoms with Crippen molar-refractivity contribution in [1.29, 1.82) is 5.26 Å². The number of carboxylic acid groups (broad SMARTS) is 1. The van der Waals surface area contributed by atoms with Gasteiger partial charge in [-0.15, -0.1) is 0 Å². The molecular weight excluding hydrogens is 270 g/mol. The third-order valence-corrected chi connectivity index (χ3v) is 3.40. The molecule has 2 amide bonds. The zero-order valence-electron chi connectivity index (χ0n) is 11.5. The number of hydrogen-bond acceptors (Lipinski definition) is 3. The van der Waals surface area contributed by atoms with E-state index in [0.29, 0.717) is 12.1 Å². The van der Waals surface area contributed by atoms with Crippen LogP contribution in [0.15, 0.2) is 24.3 Å². The molecular formula is C15H17N3O3. The highest BCUT2D eigenvalue weighted by molar-refractivity contribution is 5.89. The van der Waals surface area contributed by atoms with Crippen LogP contribution in [0.5, 0.6) is 0 Å². The Labute approximate surface area is 122 Å². The van der Waals surface area contributed by atoms with E-state index in [1.807, 2.05) is 0 Å². The number of benzene rings is 1. The van der Waals surface area contributed by atoms with E-state index in [9.17, 15) is 9.59 Å². The number of nitrogens with zero attached hydrogens (tertiary/aromatic N) is 1. The summed E-state index contributed by atoms with van der Waals surface area (Å²) in [6.45, 7) is 0. The molecule has 6 heteroatoms. The van der Waals surface area contributed by atoms with Gasteiger partial charge in [0, 0.05) is 11.7 Å². The second kappa shape index (κ2) is 6.75. The van der Waals surface area contributed by atoms with Gasteiger partial charge in [0.25, 0.3) is 0 Å². The number of anilines is 1. The first-order chi connectivity index (χ1) is 10.1. The number of amides is 2. The first-order valence-electron chi connectivity index (χ1n) is 6.83. The molecule has 0 saturated heterocycles. The monoisotopic (exact) mass is 287 g/mol. The molecule has 110 valence electrons. The van der Waals surface area contributed by atoms with Crippen LogP contribution in [0.3, 0.4) is 0 Å². The first kappa shape index (κ1) is 14.9. The van der Waals surface area contributed by atoms with Gasteiger partial charge in [-0.25, -0.2) is 4.79 Å². The molecule has 0 aliphatic heterocycles. The lowest BCUT2D eigenvalue weighted by Gasteiger charge is -2.16. The lowest BCUT2D eigenvalue weighted by atomic mass is 10.1. The van der Waals surface area contributed by atoms with Gasteiger partial charge in [0.15, 0.2) is 0 Å². The summed E-state index contributed by atoms with van der Waals surface area (Å²) in [5.41, 5.74) is 1.49. The zero-order valence-corrected chi connectivity index (χ0v) is 11.5. The van der Waals surface area contributed by atoms with Crippen molar-refractivity contribution >= 4 is 17.7 Å². The molecule has 0 radical (unpaired) electrons. The molecule has 1 aromatic rings. The van der Waals surface area contributed by atoms with Crippen molar-refractivity contribution in [2.75, 3.05) is 5.32 Å². The molecule has 3 N–H and O–H groups in total. The molecule has 1 aliphatic rings. The third-order valence-electron chi connectivity index (χ3n) is 3.40. The number of nitriles is 1. The number of nitrogens with one attached hydrogen (secondary N) is 2. The SMILES string of the molecule is N#CCc1ccc(NC(=O)NC(CC(=O)O)C2CC2)cc1. The molecule has 0 spiro atoms. The van der Waals surface area contributed by atoms with Crippen molar-refractivity contribution in [2.24, 2.45) is 5.92 Å². The summed E-state index contributed by atoms with van der Waals surface area (Å²) >= 11 is 0. The Kier molecular flexibility index (Phi) is 4.77. The topological polar surface area (TPSA) is 102 Å². The Bertz CT molecular complexity index is 559. The maximum absolute atomic E-state index is 11.9. The maximum atomic E-state index is 11.9. The first-order valence-corrected chi connectivity index (χ1v) is 6.83. The molecule has 2 rings (SSSR count). The summed E-state index contributed by atoms with van der Waals surface area (Å²) in [5.74, 6) is -0.641. The minimum Gasteiger partial charge on any atom is -0.481 e. The van der Waals surface area contributed by atoms with Gasteiger partial charge in [-0.1, -0.05) is 12.1 Å². The van der Waals surface area contributed by atoms with Crippen LogP contribution >= 0.6 is 0 Å². The normalized spacial score (nSPS) is 14.8. The second-order valence-electron chi connectivity index (χ2n) is 5.17. The van der Waals surface area contributed by atoms with Crippen molar-refractivity contribution < 1.29 is 14.7 Å². The molecule has 21 heavy (non-hydrogen) atoms. The molecule has 1 aromatic carbocycles. The lowest BCUT2D eigenvalue weighted by Crippen LogP contribution is -2.40. The Morgan fingerprint density at radius 1 is 1.33 bits per heavy atom. The van der Waals surface area contributed by atoms with Gasteiger partial charge < -0.3 is 15.7 Å². The molecule has 1 unspecified atom stereocenters. The molecule has 0 bridgehead atoms. The Balaban J connectivity index is 1.88. The van der Waals surface area contributed by atoms with Gasteiger partial charge in [0.05, 0.1) is 18.9 Å². The Hall–Kier alpha value is -2.55. The summed E-state index contributed by atoms with van der Waals surface area (Å²) in [5, 5.41) is 22.8. The molecule has 0 heterocycles. The number of carbonyl (C=O) groups is 2. The van der Waals surface area contributed by atoms with E-state index >= 15 is 0 Å². The van der Waals surface area contributed by atoms with E-state index in [4.69, 9.17) is 10.4 Å². The fourth-order valence-corrected chi connectivity index (χ4v) is 2.16. The third kappa shape index (κ3) is 4.80. The minimum absolute atomic E-state index is 0.0564. The van der Waals surface area contributed by atoms with Crippen LogP contribution in [-0.2, 0) is 11.2 Å². The number of aliphatic carboxylic acids is 1. The number of urea groups is 1. The van der Waals surface area contributed by atoms with Crippen LogP contribution in [0.25, 0.3) is 0 Å². The largest absolute Gasteiger partial charge is 0.481 e. The van der Waals surface area contributed by atoms with E-state index in [2.05, 4.69) is 16.7 Å².